The third-order valence-electron chi connectivity index (χ3n) is 3.38. The maximum atomic E-state index is 11.7. The number of hydrogen-bond acceptors (Lipinski definition) is 4. The van der Waals surface area contributed by atoms with Gasteiger partial charge in [0.15, 0.2) is 0 Å². The molecule has 0 atom stereocenters. The van der Waals surface area contributed by atoms with Gasteiger partial charge in [0.05, 0.1) is 17.2 Å². The quantitative estimate of drug-likeness (QED) is 0.809. The number of carbonyl (C=O) groups excluding carboxylic acids is 1. The maximum Gasteiger partial charge on any atom is 0.289 e. The van der Waals surface area contributed by atoms with Gasteiger partial charge in [0.2, 0.25) is 0 Å². The van der Waals surface area contributed by atoms with Crippen molar-refractivity contribution in [1.29, 1.82) is 0 Å². The van der Waals surface area contributed by atoms with Gasteiger partial charge in [0.1, 0.15) is 11.6 Å². The second kappa shape index (κ2) is 8.35. The van der Waals surface area contributed by atoms with Crippen LogP contribution in [0.3, 0.4) is 0 Å². The molecule has 1 saturated heterocycles. The number of nitrogens with zero attached hydrogens (tertiary/aromatic N) is 1. The van der Waals surface area contributed by atoms with E-state index in [2.05, 4.69) is 10.3 Å². The van der Waals surface area contributed by atoms with Gasteiger partial charge in [-0.2, -0.15) is 0 Å². The summed E-state index contributed by atoms with van der Waals surface area (Å²) in [6.45, 7) is 2.57. The van der Waals surface area contributed by atoms with Crippen LogP contribution in [0.5, 0.6) is 5.75 Å². The maximum absolute atomic E-state index is 11.7. The minimum atomic E-state index is -0.121. The average molecular weight is 350 g/mol. The molecule has 1 N–H and O–H groups in total. The molecule has 2 aromatic carbocycles. The molecular formula is C20H18N2O2S. The van der Waals surface area contributed by atoms with Crippen molar-refractivity contribution in [3.8, 4) is 5.75 Å². The van der Waals surface area contributed by atoms with E-state index in [4.69, 9.17) is 4.74 Å². The minimum absolute atomic E-state index is 0.121. The predicted octanol–water partition coefficient (Wildman–Crippen LogP) is 5.17. The molecule has 0 aromatic heterocycles. The monoisotopic (exact) mass is 350 g/mol. The summed E-state index contributed by atoms with van der Waals surface area (Å²) < 4.78 is 5.42. The van der Waals surface area contributed by atoms with Crippen molar-refractivity contribution in [2.24, 2.45) is 4.99 Å². The van der Waals surface area contributed by atoms with Gasteiger partial charge in [-0.05, 0) is 54.6 Å². The summed E-state index contributed by atoms with van der Waals surface area (Å²) >= 11 is 1.14. The van der Waals surface area contributed by atoms with Gasteiger partial charge in [-0.1, -0.05) is 42.5 Å². The number of ether oxygens (including phenoxy) is 1. The molecule has 1 aliphatic heterocycles. The highest BCUT2D eigenvalue weighted by molar-refractivity contribution is 8.18. The first kappa shape index (κ1) is 17.0. The predicted molar refractivity (Wildman–Crippen MR) is 104 cm³/mol. The number of aliphatic imine (C=N–C) groups is 1. The molecule has 0 saturated carbocycles. The number of allylic oxidation sites excluding steroid dienone is 2. The second-order valence-electron chi connectivity index (χ2n) is 5.20. The Labute approximate surface area is 151 Å². The van der Waals surface area contributed by atoms with Gasteiger partial charge in [-0.3, -0.25) is 4.79 Å². The number of hydrogen-bond donors (Lipinski definition) is 1. The Morgan fingerprint density at radius 1 is 1.12 bits per heavy atom. The molecule has 3 rings (SSSR count). The van der Waals surface area contributed by atoms with Gasteiger partial charge in [-0.15, -0.1) is 0 Å². The van der Waals surface area contributed by atoms with Gasteiger partial charge in [-0.25, -0.2) is 4.99 Å². The fourth-order valence-electron chi connectivity index (χ4n) is 2.25. The topological polar surface area (TPSA) is 50.7 Å². The highest BCUT2D eigenvalue weighted by Gasteiger charge is 2.22. The lowest BCUT2D eigenvalue weighted by Gasteiger charge is -2.03. The molecule has 4 nitrogen and oxygen atoms in total. The summed E-state index contributed by atoms with van der Waals surface area (Å²) in [6.07, 6.45) is 5.81. The molecule has 25 heavy (non-hydrogen) atoms. The fraction of sp³-hybridized carbons (Fsp3) is 0.100. The lowest BCUT2D eigenvalue weighted by atomic mass is 10.2. The molecule has 126 valence electrons. The molecule has 0 aliphatic carbocycles. The Morgan fingerprint density at radius 3 is 2.60 bits per heavy atom. The zero-order valence-electron chi connectivity index (χ0n) is 13.8. The zero-order valence-corrected chi connectivity index (χ0v) is 14.6. The zero-order chi connectivity index (χ0) is 17.5. The number of benzene rings is 2. The lowest BCUT2D eigenvalue weighted by Crippen LogP contribution is -2.18. The van der Waals surface area contributed by atoms with Crippen LogP contribution in [-0.4, -0.2) is 17.7 Å². The molecule has 1 amide bonds. The van der Waals surface area contributed by atoms with E-state index in [-0.39, 0.29) is 5.24 Å². The molecule has 2 aromatic rings. The number of amidine groups is 1. The summed E-state index contributed by atoms with van der Waals surface area (Å²) in [5, 5.41) is 2.66. The first-order chi connectivity index (χ1) is 12.2. The van der Waals surface area contributed by atoms with Gasteiger partial charge >= 0.3 is 0 Å². The van der Waals surface area contributed by atoms with Gasteiger partial charge in [0, 0.05) is 0 Å². The van der Waals surface area contributed by atoms with Crippen LogP contribution in [0.2, 0.25) is 0 Å². The van der Waals surface area contributed by atoms with E-state index in [1.165, 1.54) is 0 Å². The molecule has 0 radical (unpaired) electrons. The smallest absolute Gasteiger partial charge is 0.289 e. The molecule has 0 unspecified atom stereocenters. The van der Waals surface area contributed by atoms with Crippen molar-refractivity contribution in [2.75, 3.05) is 6.61 Å². The van der Waals surface area contributed by atoms with E-state index in [9.17, 15) is 4.79 Å². The molecule has 5 heteroatoms. The van der Waals surface area contributed by atoms with Gasteiger partial charge < -0.3 is 10.1 Å². The van der Waals surface area contributed by atoms with Crippen LogP contribution in [-0.2, 0) is 0 Å². The summed E-state index contributed by atoms with van der Waals surface area (Å²) in [5.74, 6) is 1.37. The summed E-state index contributed by atoms with van der Waals surface area (Å²) in [6, 6.07) is 17.5. The Balaban J connectivity index is 1.77. The number of rotatable bonds is 5. The van der Waals surface area contributed by atoms with Crippen LogP contribution in [0.15, 0.2) is 76.6 Å². The average Bonchev–Trinajstić information content (AvgIpc) is 2.97. The van der Waals surface area contributed by atoms with Crippen molar-refractivity contribution < 1.29 is 9.53 Å². The molecule has 0 spiro atoms. The Morgan fingerprint density at radius 2 is 1.88 bits per heavy atom. The van der Waals surface area contributed by atoms with Crippen LogP contribution in [0, 0.1) is 0 Å². The van der Waals surface area contributed by atoms with Crippen LogP contribution < -0.4 is 10.1 Å². The standard InChI is InChI=1S/C20H18N2O2S/c1-2-24-17-13-11-16(12-14-17)21-19-18(25-20(23)22-19)10-6-9-15-7-4-3-5-8-15/h3-14H,2H2,1H3,(H,21,22,23)/b9-6+,18-10-. The van der Waals surface area contributed by atoms with Gasteiger partial charge in [0.25, 0.3) is 5.24 Å². The van der Waals surface area contributed by atoms with E-state index in [1.807, 2.05) is 79.7 Å². The Bertz CT molecular complexity index is 825. The number of amides is 1. The highest BCUT2D eigenvalue weighted by atomic mass is 32.2. The van der Waals surface area contributed by atoms with E-state index >= 15 is 0 Å². The third kappa shape index (κ3) is 4.84. The summed E-state index contributed by atoms with van der Waals surface area (Å²) in [5.41, 5.74) is 1.87. The SMILES string of the molecule is CCOc1ccc(N=C2NC(=O)S/C2=C\C=C\c2ccccc2)cc1. The third-order valence-corrected chi connectivity index (χ3v) is 4.22. The van der Waals surface area contributed by atoms with Crippen molar-refractivity contribution >= 4 is 34.6 Å². The second-order valence-corrected chi connectivity index (χ2v) is 6.22. The van der Waals surface area contributed by atoms with E-state index < -0.39 is 0 Å². The molecule has 1 aliphatic rings. The number of carbonyl (C=O) groups is 1. The fourth-order valence-corrected chi connectivity index (χ4v) is 2.94. The minimum Gasteiger partial charge on any atom is -0.494 e. The largest absolute Gasteiger partial charge is 0.494 e. The van der Waals surface area contributed by atoms with Crippen molar-refractivity contribution in [1.82, 2.24) is 5.32 Å². The van der Waals surface area contributed by atoms with Crippen molar-refractivity contribution in [3.63, 3.8) is 0 Å². The van der Waals surface area contributed by atoms with Crippen molar-refractivity contribution in [3.05, 3.63) is 77.2 Å². The molecular weight excluding hydrogens is 332 g/mol. The Hall–Kier alpha value is -2.79. The lowest BCUT2D eigenvalue weighted by molar-refractivity contribution is 0.265. The molecule has 1 heterocycles. The van der Waals surface area contributed by atoms with E-state index in [0.717, 1.165) is 33.7 Å². The van der Waals surface area contributed by atoms with Crippen LogP contribution >= 0.6 is 11.8 Å². The van der Waals surface area contributed by atoms with E-state index in [1.54, 1.807) is 0 Å². The van der Waals surface area contributed by atoms with Crippen LogP contribution in [0.4, 0.5) is 10.5 Å². The Kier molecular flexibility index (Phi) is 5.69. The number of nitrogens with one attached hydrogen (secondary N) is 1. The van der Waals surface area contributed by atoms with Crippen molar-refractivity contribution in [2.45, 2.75) is 6.92 Å². The highest BCUT2D eigenvalue weighted by Crippen LogP contribution is 2.27. The number of thioether (sulfide) groups is 1. The first-order valence-corrected chi connectivity index (χ1v) is 8.80. The van der Waals surface area contributed by atoms with E-state index in [0.29, 0.717) is 12.4 Å². The molecule has 1 fully saturated rings. The summed E-state index contributed by atoms with van der Waals surface area (Å²) in [7, 11) is 0. The van der Waals surface area contributed by atoms with Crippen LogP contribution in [0.25, 0.3) is 6.08 Å². The first-order valence-electron chi connectivity index (χ1n) is 7.99. The van der Waals surface area contributed by atoms with Crippen LogP contribution in [0.1, 0.15) is 12.5 Å². The normalized spacial score (nSPS) is 17.4. The molecule has 0 bridgehead atoms. The summed E-state index contributed by atoms with van der Waals surface area (Å²) in [4.78, 5) is 17.0.